The molecule has 1 saturated heterocycles. The lowest BCUT2D eigenvalue weighted by Crippen LogP contribution is -2.50. The van der Waals surface area contributed by atoms with Gasteiger partial charge < -0.3 is 15.4 Å². The van der Waals surface area contributed by atoms with Crippen molar-refractivity contribution in [2.24, 2.45) is 5.92 Å². The van der Waals surface area contributed by atoms with Crippen LogP contribution in [0.4, 0.5) is 8.78 Å². The summed E-state index contributed by atoms with van der Waals surface area (Å²) < 4.78 is 28.6. The Balaban J connectivity index is 0.00000220. The molecule has 1 aliphatic rings. The Bertz CT molecular complexity index is 474. The molecule has 7 heteroatoms. The Morgan fingerprint density at radius 1 is 1.48 bits per heavy atom. The molecule has 2 atom stereocenters. The lowest BCUT2D eigenvalue weighted by atomic mass is 9.94. The van der Waals surface area contributed by atoms with Gasteiger partial charge in [-0.1, -0.05) is 13.0 Å². The fraction of sp³-hybridized carbons (Fsp3) is 0.500. The topological polar surface area (TPSA) is 50.4 Å². The van der Waals surface area contributed by atoms with Gasteiger partial charge in [-0.05, 0) is 37.1 Å². The fourth-order valence-corrected chi connectivity index (χ4v) is 2.25. The summed E-state index contributed by atoms with van der Waals surface area (Å²) in [6.45, 7) is 0.865. The molecule has 1 aromatic rings. The van der Waals surface area contributed by atoms with Gasteiger partial charge in [0, 0.05) is 18.2 Å². The highest BCUT2D eigenvalue weighted by Gasteiger charge is 2.23. The minimum absolute atomic E-state index is 0. The van der Waals surface area contributed by atoms with Crippen molar-refractivity contribution < 1.29 is 18.3 Å². The number of halogens is 3. The third kappa shape index (κ3) is 5.13. The molecule has 1 aromatic carbocycles. The molecule has 2 unspecified atom stereocenters. The van der Waals surface area contributed by atoms with Crippen LogP contribution in [0.2, 0.25) is 0 Å². The molecule has 1 amide bonds. The highest BCUT2D eigenvalue weighted by atomic mass is 35.5. The van der Waals surface area contributed by atoms with E-state index >= 15 is 0 Å². The van der Waals surface area contributed by atoms with Crippen molar-refractivity contribution in [3.8, 4) is 5.75 Å². The zero-order chi connectivity index (χ0) is 14.5. The zero-order valence-corrected chi connectivity index (χ0v) is 12.5. The number of carbonyl (C=O) groups excluding carboxylic acids is 1. The van der Waals surface area contributed by atoms with Crippen molar-refractivity contribution in [3.05, 3.63) is 29.8 Å². The van der Waals surface area contributed by atoms with Gasteiger partial charge in [0.25, 0.3) is 5.91 Å². The number of piperidine rings is 1. The summed E-state index contributed by atoms with van der Waals surface area (Å²) in [5.74, 6) is 0.105. The van der Waals surface area contributed by atoms with Gasteiger partial charge in [0.2, 0.25) is 0 Å². The van der Waals surface area contributed by atoms with Gasteiger partial charge in [-0.15, -0.1) is 12.4 Å². The molecule has 21 heavy (non-hydrogen) atoms. The average molecular weight is 321 g/mol. The van der Waals surface area contributed by atoms with E-state index in [1.165, 1.54) is 18.2 Å². The van der Waals surface area contributed by atoms with Crippen LogP contribution < -0.4 is 15.4 Å². The second-order valence-electron chi connectivity index (χ2n) is 4.96. The fourth-order valence-electron chi connectivity index (χ4n) is 2.25. The van der Waals surface area contributed by atoms with Gasteiger partial charge in [-0.3, -0.25) is 4.79 Å². The molecule has 2 rings (SSSR count). The summed E-state index contributed by atoms with van der Waals surface area (Å²) in [6, 6.07) is 5.87. The normalized spacial score (nSPS) is 21.5. The van der Waals surface area contributed by atoms with Gasteiger partial charge in [-0.2, -0.15) is 8.78 Å². The predicted molar refractivity (Wildman–Crippen MR) is 78.2 cm³/mol. The molecule has 4 nitrogen and oxygen atoms in total. The van der Waals surface area contributed by atoms with Crippen LogP contribution in [-0.4, -0.2) is 31.7 Å². The van der Waals surface area contributed by atoms with Gasteiger partial charge in [0.15, 0.2) is 0 Å². The standard InChI is InChI=1S/C14H18F2N2O2.ClH/c1-9-5-6-17-8-12(9)18-13(19)10-3-2-4-11(7-10)20-14(15)16;/h2-4,7,9,12,14,17H,5-6,8H2,1H3,(H,18,19);1H. The van der Waals surface area contributed by atoms with Crippen molar-refractivity contribution in [3.63, 3.8) is 0 Å². The lowest BCUT2D eigenvalue weighted by Gasteiger charge is -2.30. The number of amides is 1. The smallest absolute Gasteiger partial charge is 0.387 e. The van der Waals surface area contributed by atoms with Gasteiger partial charge >= 0.3 is 6.61 Å². The third-order valence-corrected chi connectivity index (χ3v) is 3.47. The highest BCUT2D eigenvalue weighted by molar-refractivity contribution is 5.94. The molecule has 0 spiro atoms. The van der Waals surface area contributed by atoms with Crippen molar-refractivity contribution in [2.45, 2.75) is 26.0 Å². The number of ether oxygens (including phenoxy) is 1. The molecular formula is C14H19ClF2N2O2. The maximum absolute atomic E-state index is 12.1. The molecule has 1 fully saturated rings. The van der Waals surface area contributed by atoms with Crippen LogP contribution in [-0.2, 0) is 0 Å². The Morgan fingerprint density at radius 3 is 2.90 bits per heavy atom. The molecular weight excluding hydrogens is 302 g/mol. The first-order chi connectivity index (χ1) is 9.56. The minimum atomic E-state index is -2.89. The monoisotopic (exact) mass is 320 g/mol. The van der Waals surface area contributed by atoms with E-state index in [2.05, 4.69) is 22.3 Å². The number of benzene rings is 1. The van der Waals surface area contributed by atoms with E-state index in [9.17, 15) is 13.6 Å². The maximum atomic E-state index is 12.1. The number of rotatable bonds is 4. The Morgan fingerprint density at radius 2 is 2.24 bits per heavy atom. The minimum Gasteiger partial charge on any atom is -0.435 e. The van der Waals surface area contributed by atoms with E-state index in [0.29, 0.717) is 11.5 Å². The van der Waals surface area contributed by atoms with E-state index in [4.69, 9.17) is 0 Å². The maximum Gasteiger partial charge on any atom is 0.387 e. The summed E-state index contributed by atoms with van der Waals surface area (Å²) in [6.07, 6.45) is 0.999. The molecule has 0 radical (unpaired) electrons. The van der Waals surface area contributed by atoms with Crippen LogP contribution >= 0.6 is 12.4 Å². The lowest BCUT2D eigenvalue weighted by molar-refractivity contribution is -0.0498. The van der Waals surface area contributed by atoms with Crippen LogP contribution in [0.15, 0.2) is 24.3 Å². The zero-order valence-electron chi connectivity index (χ0n) is 11.6. The Kier molecular flexibility index (Phi) is 6.84. The van der Waals surface area contributed by atoms with Crippen LogP contribution in [0, 0.1) is 5.92 Å². The number of carbonyl (C=O) groups is 1. The van der Waals surface area contributed by atoms with Crippen LogP contribution in [0.3, 0.4) is 0 Å². The number of hydrogen-bond donors (Lipinski definition) is 2. The van der Waals surface area contributed by atoms with E-state index in [0.717, 1.165) is 19.5 Å². The molecule has 118 valence electrons. The van der Waals surface area contributed by atoms with Gasteiger partial charge in [-0.25, -0.2) is 0 Å². The summed E-state index contributed by atoms with van der Waals surface area (Å²) in [4.78, 5) is 12.1. The second kappa shape index (κ2) is 8.14. The molecule has 0 aromatic heterocycles. The largest absolute Gasteiger partial charge is 0.435 e. The number of hydrogen-bond acceptors (Lipinski definition) is 3. The second-order valence-corrected chi connectivity index (χ2v) is 4.96. The van der Waals surface area contributed by atoms with Crippen molar-refractivity contribution in [2.75, 3.05) is 13.1 Å². The first kappa shape index (κ1) is 17.7. The van der Waals surface area contributed by atoms with Crippen molar-refractivity contribution >= 4 is 18.3 Å². The van der Waals surface area contributed by atoms with Crippen LogP contribution in [0.1, 0.15) is 23.7 Å². The van der Waals surface area contributed by atoms with Gasteiger partial charge in [0.1, 0.15) is 5.75 Å². The summed E-state index contributed by atoms with van der Waals surface area (Å²) in [5, 5.41) is 6.14. The van der Waals surface area contributed by atoms with E-state index in [1.54, 1.807) is 6.07 Å². The van der Waals surface area contributed by atoms with E-state index in [-0.39, 0.29) is 30.1 Å². The Hall–Kier alpha value is -1.40. The Labute approximate surface area is 128 Å². The van der Waals surface area contributed by atoms with Crippen LogP contribution in [0.5, 0.6) is 5.75 Å². The molecule has 0 aliphatic carbocycles. The quantitative estimate of drug-likeness (QED) is 0.896. The molecule has 0 saturated carbocycles. The molecule has 1 heterocycles. The summed E-state index contributed by atoms with van der Waals surface area (Å²) >= 11 is 0. The third-order valence-electron chi connectivity index (χ3n) is 3.47. The first-order valence-corrected chi connectivity index (χ1v) is 6.62. The molecule has 2 N–H and O–H groups in total. The van der Waals surface area contributed by atoms with Gasteiger partial charge in [0.05, 0.1) is 0 Å². The first-order valence-electron chi connectivity index (χ1n) is 6.62. The molecule has 0 bridgehead atoms. The number of alkyl halides is 2. The average Bonchev–Trinajstić information content (AvgIpc) is 2.41. The summed E-state index contributed by atoms with van der Waals surface area (Å²) in [5.41, 5.74) is 0.320. The van der Waals surface area contributed by atoms with Crippen LogP contribution in [0.25, 0.3) is 0 Å². The predicted octanol–water partition coefficient (Wildman–Crippen LogP) is 2.44. The number of nitrogens with one attached hydrogen (secondary N) is 2. The van der Waals surface area contributed by atoms with Crippen molar-refractivity contribution in [1.29, 1.82) is 0 Å². The molecule has 1 aliphatic heterocycles. The van der Waals surface area contributed by atoms with E-state index < -0.39 is 6.61 Å². The van der Waals surface area contributed by atoms with E-state index in [1.807, 2.05) is 0 Å². The van der Waals surface area contributed by atoms with Crippen molar-refractivity contribution in [1.82, 2.24) is 10.6 Å². The SMILES string of the molecule is CC1CCNCC1NC(=O)c1cccc(OC(F)F)c1.Cl. The highest BCUT2D eigenvalue weighted by Crippen LogP contribution is 2.17. The summed E-state index contributed by atoms with van der Waals surface area (Å²) in [7, 11) is 0.